The predicted octanol–water partition coefficient (Wildman–Crippen LogP) is 1.34. The number of nitrogens with zero attached hydrogens (tertiary/aromatic N) is 2. The van der Waals surface area contributed by atoms with Crippen molar-refractivity contribution in [2.75, 3.05) is 13.7 Å². The van der Waals surface area contributed by atoms with E-state index in [1.807, 2.05) is 0 Å². The molecule has 4 nitrogen and oxygen atoms in total. The molecule has 1 aliphatic heterocycles. The lowest BCUT2D eigenvalue weighted by Gasteiger charge is -2.23. The SMILES string of the molecule is Br.CN1C=CN(C(F)(F)C(=O)O)C1.Cl. The highest BCUT2D eigenvalue weighted by molar-refractivity contribution is 8.93. The van der Waals surface area contributed by atoms with Crippen LogP contribution in [-0.2, 0) is 4.79 Å². The van der Waals surface area contributed by atoms with Crippen LogP contribution in [0.5, 0.6) is 0 Å². The molecule has 8 heteroatoms. The Bertz CT molecular complexity index is 240. The highest BCUT2D eigenvalue weighted by atomic mass is 79.9. The van der Waals surface area contributed by atoms with E-state index < -0.39 is 12.0 Å². The summed E-state index contributed by atoms with van der Waals surface area (Å²) in [6, 6.07) is -3.82. The van der Waals surface area contributed by atoms with Gasteiger partial charge in [0, 0.05) is 19.4 Å². The molecule has 0 spiro atoms. The molecule has 0 bridgehead atoms. The summed E-state index contributed by atoms with van der Waals surface area (Å²) in [7, 11) is 1.58. The molecule has 0 aromatic carbocycles. The van der Waals surface area contributed by atoms with Crippen LogP contribution in [-0.4, -0.2) is 40.6 Å². The van der Waals surface area contributed by atoms with Gasteiger partial charge in [-0.1, -0.05) is 0 Å². The molecular formula is C6H10BrClF2N2O2. The van der Waals surface area contributed by atoms with Gasteiger partial charge < -0.3 is 10.0 Å². The third kappa shape index (κ3) is 2.98. The Morgan fingerprint density at radius 2 is 2.00 bits per heavy atom. The van der Waals surface area contributed by atoms with E-state index in [1.54, 1.807) is 7.05 Å². The summed E-state index contributed by atoms with van der Waals surface area (Å²) < 4.78 is 25.3. The highest BCUT2D eigenvalue weighted by Gasteiger charge is 2.45. The molecule has 0 amide bonds. The number of carboxylic acid groups (broad SMARTS) is 1. The first-order valence-electron chi connectivity index (χ1n) is 3.21. The average Bonchev–Trinajstić information content (AvgIpc) is 2.35. The first-order chi connectivity index (χ1) is 5.44. The Morgan fingerprint density at radius 3 is 2.29 bits per heavy atom. The third-order valence-electron chi connectivity index (χ3n) is 1.49. The van der Waals surface area contributed by atoms with Crippen molar-refractivity contribution in [3.05, 3.63) is 12.4 Å². The average molecular weight is 296 g/mol. The summed E-state index contributed by atoms with van der Waals surface area (Å²) >= 11 is 0. The van der Waals surface area contributed by atoms with Gasteiger partial charge in [0.2, 0.25) is 0 Å². The maximum absolute atomic E-state index is 12.7. The summed E-state index contributed by atoms with van der Waals surface area (Å²) in [5.74, 6) is -2.14. The Hall–Kier alpha value is -0.560. The molecule has 1 aliphatic rings. The van der Waals surface area contributed by atoms with Gasteiger partial charge in [0.15, 0.2) is 0 Å². The minimum Gasteiger partial charge on any atom is -0.475 e. The topological polar surface area (TPSA) is 43.8 Å². The summed E-state index contributed by atoms with van der Waals surface area (Å²) in [6.45, 7) is -0.112. The summed E-state index contributed by atoms with van der Waals surface area (Å²) in [4.78, 5) is 12.0. The van der Waals surface area contributed by atoms with Crippen molar-refractivity contribution in [1.29, 1.82) is 0 Å². The number of halogens is 4. The van der Waals surface area contributed by atoms with Gasteiger partial charge in [-0.15, -0.1) is 29.4 Å². The fourth-order valence-corrected chi connectivity index (χ4v) is 0.834. The third-order valence-corrected chi connectivity index (χ3v) is 1.49. The highest BCUT2D eigenvalue weighted by Crippen LogP contribution is 2.23. The van der Waals surface area contributed by atoms with E-state index in [2.05, 4.69) is 0 Å². The second-order valence-electron chi connectivity index (χ2n) is 2.51. The molecule has 0 saturated heterocycles. The summed E-state index contributed by atoms with van der Waals surface area (Å²) in [6.07, 6.45) is 2.44. The van der Waals surface area contributed by atoms with Crippen molar-refractivity contribution in [2.24, 2.45) is 0 Å². The molecule has 1 rings (SSSR count). The zero-order valence-corrected chi connectivity index (χ0v) is 9.71. The van der Waals surface area contributed by atoms with E-state index >= 15 is 0 Å². The molecule has 1 heterocycles. The van der Waals surface area contributed by atoms with Gasteiger partial charge in [-0.25, -0.2) is 4.79 Å². The Labute approximate surface area is 96.3 Å². The van der Waals surface area contributed by atoms with Crippen LogP contribution >= 0.6 is 29.4 Å². The predicted molar refractivity (Wildman–Crippen MR) is 53.8 cm³/mol. The standard InChI is InChI=1S/C6H8F2N2O2.BrH.ClH/c1-9-2-3-10(4-9)6(7,8)5(11)12;;/h2-3H,4H2,1H3,(H,11,12);2*1H. The largest absolute Gasteiger partial charge is 0.475 e. The maximum Gasteiger partial charge on any atom is 0.424 e. The van der Waals surface area contributed by atoms with E-state index in [9.17, 15) is 13.6 Å². The second kappa shape index (κ2) is 5.35. The zero-order valence-electron chi connectivity index (χ0n) is 7.18. The Morgan fingerprint density at radius 1 is 1.50 bits per heavy atom. The lowest BCUT2D eigenvalue weighted by atomic mass is 10.5. The van der Waals surface area contributed by atoms with Crippen LogP contribution < -0.4 is 0 Å². The van der Waals surface area contributed by atoms with E-state index in [0.29, 0.717) is 4.90 Å². The van der Waals surface area contributed by atoms with Crippen molar-refractivity contribution in [3.63, 3.8) is 0 Å². The maximum atomic E-state index is 12.7. The summed E-state index contributed by atoms with van der Waals surface area (Å²) in [5.41, 5.74) is 0. The Balaban J connectivity index is 0. The van der Waals surface area contributed by atoms with E-state index in [0.717, 1.165) is 6.20 Å². The molecule has 1 N–H and O–H groups in total. The van der Waals surface area contributed by atoms with Crippen LogP contribution in [0.1, 0.15) is 0 Å². The van der Waals surface area contributed by atoms with Gasteiger partial charge in [-0.05, 0) is 0 Å². The van der Waals surface area contributed by atoms with E-state index in [1.165, 1.54) is 11.1 Å². The minimum atomic E-state index is -3.82. The van der Waals surface area contributed by atoms with Gasteiger partial charge in [-0.2, -0.15) is 8.78 Å². The quantitative estimate of drug-likeness (QED) is 0.781. The van der Waals surface area contributed by atoms with Crippen molar-refractivity contribution >= 4 is 35.4 Å². The first-order valence-corrected chi connectivity index (χ1v) is 3.21. The first kappa shape index (κ1) is 15.9. The van der Waals surface area contributed by atoms with Crippen molar-refractivity contribution in [1.82, 2.24) is 9.80 Å². The second-order valence-corrected chi connectivity index (χ2v) is 2.51. The molecule has 0 radical (unpaired) electrons. The number of hydrogen-bond donors (Lipinski definition) is 1. The Kier molecular flexibility index (Phi) is 6.08. The number of hydrogen-bond acceptors (Lipinski definition) is 3. The smallest absolute Gasteiger partial charge is 0.424 e. The lowest BCUT2D eigenvalue weighted by molar-refractivity contribution is -0.190. The fourth-order valence-electron chi connectivity index (χ4n) is 0.834. The molecule has 0 unspecified atom stereocenters. The number of carbonyl (C=O) groups is 1. The van der Waals surface area contributed by atoms with Crippen LogP contribution in [0.25, 0.3) is 0 Å². The van der Waals surface area contributed by atoms with Gasteiger partial charge in [-0.3, -0.25) is 4.90 Å². The van der Waals surface area contributed by atoms with E-state index in [-0.39, 0.29) is 36.1 Å². The molecule has 0 atom stereocenters. The van der Waals surface area contributed by atoms with Crippen LogP contribution in [0.3, 0.4) is 0 Å². The van der Waals surface area contributed by atoms with Crippen LogP contribution in [0.4, 0.5) is 8.78 Å². The van der Waals surface area contributed by atoms with E-state index in [4.69, 9.17) is 5.11 Å². The monoisotopic (exact) mass is 294 g/mol. The van der Waals surface area contributed by atoms with Crippen molar-refractivity contribution in [3.8, 4) is 0 Å². The van der Waals surface area contributed by atoms with Crippen molar-refractivity contribution < 1.29 is 18.7 Å². The molecule has 0 saturated carbocycles. The van der Waals surface area contributed by atoms with Crippen LogP contribution in [0, 0.1) is 0 Å². The molecule has 0 aromatic rings. The number of carboxylic acids is 1. The normalized spacial score (nSPS) is 14.8. The molecular weight excluding hydrogens is 285 g/mol. The number of rotatable bonds is 2. The molecule has 0 aliphatic carbocycles. The molecule has 0 aromatic heterocycles. The number of aliphatic carboxylic acids is 1. The van der Waals surface area contributed by atoms with Crippen LogP contribution in [0.15, 0.2) is 12.4 Å². The molecule has 84 valence electrons. The minimum absolute atomic E-state index is 0. The summed E-state index contributed by atoms with van der Waals surface area (Å²) in [5, 5.41) is 8.14. The molecule has 0 fully saturated rings. The van der Waals surface area contributed by atoms with Gasteiger partial charge in [0.25, 0.3) is 0 Å². The number of alkyl halides is 2. The molecule has 14 heavy (non-hydrogen) atoms. The van der Waals surface area contributed by atoms with Crippen LogP contribution in [0.2, 0.25) is 0 Å². The van der Waals surface area contributed by atoms with Gasteiger partial charge >= 0.3 is 12.0 Å². The van der Waals surface area contributed by atoms with Crippen molar-refractivity contribution in [2.45, 2.75) is 6.05 Å². The lowest BCUT2D eigenvalue weighted by Crippen LogP contribution is -2.45. The van der Waals surface area contributed by atoms with Gasteiger partial charge in [0.05, 0.1) is 6.67 Å². The van der Waals surface area contributed by atoms with Gasteiger partial charge in [0.1, 0.15) is 0 Å². The fraction of sp³-hybridized carbons (Fsp3) is 0.500. The zero-order chi connectivity index (χ0) is 9.35.